The zero-order valence-corrected chi connectivity index (χ0v) is 16.8. The van der Waals surface area contributed by atoms with Gasteiger partial charge in [0.15, 0.2) is 4.80 Å². The summed E-state index contributed by atoms with van der Waals surface area (Å²) >= 11 is 1.25. The number of ether oxygens (including phenoxy) is 1. The molecule has 0 saturated carbocycles. The van der Waals surface area contributed by atoms with E-state index in [1.165, 1.54) is 23.5 Å². The molecule has 1 amide bonds. The fourth-order valence-electron chi connectivity index (χ4n) is 3.01. The normalized spacial score (nSPS) is 11.6. The molecule has 0 bridgehead atoms. The van der Waals surface area contributed by atoms with Crippen molar-refractivity contribution >= 4 is 33.1 Å². The van der Waals surface area contributed by atoms with Crippen molar-refractivity contribution in [1.29, 1.82) is 0 Å². The number of aromatic nitrogens is 1. The second kappa shape index (κ2) is 8.30. The number of nitro groups is 1. The Kier molecular flexibility index (Phi) is 5.40. The summed E-state index contributed by atoms with van der Waals surface area (Å²) in [4.78, 5) is 28.0. The van der Waals surface area contributed by atoms with E-state index in [1.807, 2.05) is 41.8 Å². The number of amides is 1. The molecule has 3 aromatic carbocycles. The highest BCUT2D eigenvalue weighted by Gasteiger charge is 2.12. The fourth-order valence-corrected chi connectivity index (χ4v) is 4.13. The van der Waals surface area contributed by atoms with Gasteiger partial charge in [-0.25, -0.2) is 0 Å². The standard InChI is InChI=1S/C22H17N3O4S/c1-2-24-19-13-10-16(25(27)28)14-20(19)30-22(24)23-21(26)15-8-11-18(12-9-15)29-17-6-4-3-5-7-17/h3-14H,2H2,1H3. The van der Waals surface area contributed by atoms with Crippen LogP contribution in [0.4, 0.5) is 5.69 Å². The maximum Gasteiger partial charge on any atom is 0.279 e. The summed E-state index contributed by atoms with van der Waals surface area (Å²) in [6, 6.07) is 20.8. The van der Waals surface area contributed by atoms with Gasteiger partial charge >= 0.3 is 0 Å². The van der Waals surface area contributed by atoms with Crippen molar-refractivity contribution in [2.45, 2.75) is 13.5 Å². The number of non-ortho nitro benzene ring substituents is 1. The van der Waals surface area contributed by atoms with Crippen LogP contribution in [0.1, 0.15) is 17.3 Å². The average molecular weight is 419 g/mol. The van der Waals surface area contributed by atoms with Gasteiger partial charge in [-0.15, -0.1) is 0 Å². The lowest BCUT2D eigenvalue weighted by Crippen LogP contribution is -2.15. The van der Waals surface area contributed by atoms with Crippen molar-refractivity contribution in [2.75, 3.05) is 0 Å². The molecule has 0 saturated heterocycles. The molecular formula is C22H17N3O4S. The van der Waals surface area contributed by atoms with E-state index >= 15 is 0 Å². The number of aryl methyl sites for hydroxylation is 1. The number of fused-ring (bicyclic) bond motifs is 1. The second-order valence-electron chi connectivity index (χ2n) is 6.39. The minimum Gasteiger partial charge on any atom is -0.457 e. The van der Waals surface area contributed by atoms with E-state index in [2.05, 4.69) is 4.99 Å². The molecule has 0 aliphatic carbocycles. The largest absolute Gasteiger partial charge is 0.457 e. The van der Waals surface area contributed by atoms with Crippen molar-refractivity contribution in [3.63, 3.8) is 0 Å². The summed E-state index contributed by atoms with van der Waals surface area (Å²) in [5, 5.41) is 11.0. The molecule has 1 heterocycles. The predicted octanol–water partition coefficient (Wildman–Crippen LogP) is 5.16. The van der Waals surface area contributed by atoms with E-state index in [0.717, 1.165) is 5.52 Å². The Morgan fingerprint density at radius 3 is 2.43 bits per heavy atom. The third-order valence-electron chi connectivity index (χ3n) is 4.47. The maximum absolute atomic E-state index is 12.7. The van der Waals surface area contributed by atoms with Gasteiger partial charge in [0.05, 0.1) is 15.1 Å². The van der Waals surface area contributed by atoms with E-state index in [4.69, 9.17) is 4.74 Å². The van der Waals surface area contributed by atoms with E-state index in [9.17, 15) is 14.9 Å². The minimum atomic E-state index is -0.434. The zero-order valence-electron chi connectivity index (χ0n) is 16.0. The van der Waals surface area contributed by atoms with Crippen LogP contribution in [0.25, 0.3) is 10.2 Å². The molecule has 0 N–H and O–H groups in total. The molecule has 0 aliphatic rings. The van der Waals surface area contributed by atoms with Crippen LogP contribution in [-0.4, -0.2) is 15.4 Å². The molecule has 7 nitrogen and oxygen atoms in total. The number of rotatable bonds is 5. The molecular weight excluding hydrogens is 402 g/mol. The summed E-state index contributed by atoms with van der Waals surface area (Å²) in [7, 11) is 0. The lowest BCUT2D eigenvalue weighted by molar-refractivity contribution is -0.384. The number of hydrogen-bond acceptors (Lipinski definition) is 5. The van der Waals surface area contributed by atoms with Crippen LogP contribution in [0.15, 0.2) is 77.8 Å². The van der Waals surface area contributed by atoms with Gasteiger partial charge in [0.1, 0.15) is 11.5 Å². The average Bonchev–Trinajstić information content (AvgIpc) is 3.11. The molecule has 0 radical (unpaired) electrons. The first-order chi connectivity index (χ1) is 14.5. The van der Waals surface area contributed by atoms with E-state index in [0.29, 0.717) is 33.1 Å². The van der Waals surface area contributed by atoms with E-state index in [-0.39, 0.29) is 11.6 Å². The molecule has 0 aliphatic heterocycles. The van der Waals surface area contributed by atoms with Crippen LogP contribution in [0.3, 0.4) is 0 Å². The Bertz CT molecular complexity index is 1290. The molecule has 0 spiro atoms. The molecule has 4 aromatic rings. The van der Waals surface area contributed by atoms with Crippen molar-refractivity contribution in [2.24, 2.45) is 4.99 Å². The zero-order chi connectivity index (χ0) is 21.1. The molecule has 0 unspecified atom stereocenters. The third kappa shape index (κ3) is 3.99. The summed E-state index contributed by atoms with van der Waals surface area (Å²) in [6.07, 6.45) is 0. The van der Waals surface area contributed by atoms with Gasteiger partial charge in [-0.05, 0) is 49.4 Å². The number of hydrogen-bond donors (Lipinski definition) is 0. The maximum atomic E-state index is 12.7. The van der Waals surface area contributed by atoms with Crippen LogP contribution in [0.2, 0.25) is 0 Å². The predicted molar refractivity (Wildman–Crippen MR) is 115 cm³/mol. The highest BCUT2D eigenvalue weighted by Crippen LogP contribution is 2.24. The first kappa shape index (κ1) is 19.5. The summed E-state index contributed by atoms with van der Waals surface area (Å²) < 4.78 is 8.32. The van der Waals surface area contributed by atoms with Crippen LogP contribution < -0.4 is 9.54 Å². The minimum absolute atomic E-state index is 0.0129. The number of thiazole rings is 1. The number of benzene rings is 3. The number of carbonyl (C=O) groups is 1. The van der Waals surface area contributed by atoms with Gasteiger partial charge in [-0.2, -0.15) is 4.99 Å². The first-order valence-corrected chi connectivity index (χ1v) is 10.1. The Balaban J connectivity index is 1.63. The molecule has 150 valence electrons. The highest BCUT2D eigenvalue weighted by atomic mass is 32.1. The third-order valence-corrected chi connectivity index (χ3v) is 5.51. The SMILES string of the molecule is CCn1c(=NC(=O)c2ccc(Oc3ccccc3)cc2)sc2cc([N+](=O)[O-])ccc21. The summed E-state index contributed by atoms with van der Waals surface area (Å²) in [6.45, 7) is 2.53. The quantitative estimate of drug-likeness (QED) is 0.330. The van der Waals surface area contributed by atoms with E-state index in [1.54, 1.807) is 30.3 Å². The van der Waals surface area contributed by atoms with Crippen molar-refractivity contribution in [3.8, 4) is 11.5 Å². The lowest BCUT2D eigenvalue weighted by atomic mass is 10.2. The van der Waals surface area contributed by atoms with Crippen molar-refractivity contribution in [1.82, 2.24) is 4.57 Å². The van der Waals surface area contributed by atoms with Gasteiger partial charge in [-0.3, -0.25) is 14.9 Å². The Morgan fingerprint density at radius 1 is 1.07 bits per heavy atom. The van der Waals surface area contributed by atoms with Crippen molar-refractivity contribution in [3.05, 3.63) is 93.3 Å². The van der Waals surface area contributed by atoms with Gasteiger partial charge in [0.25, 0.3) is 11.6 Å². The smallest absolute Gasteiger partial charge is 0.279 e. The summed E-state index contributed by atoms with van der Waals surface area (Å²) in [5.74, 6) is 0.949. The molecule has 4 rings (SSSR count). The van der Waals surface area contributed by atoms with Gasteiger partial charge in [0.2, 0.25) is 0 Å². The Morgan fingerprint density at radius 2 is 1.77 bits per heavy atom. The van der Waals surface area contributed by atoms with Crippen LogP contribution in [0.5, 0.6) is 11.5 Å². The molecule has 8 heteroatoms. The number of nitrogens with zero attached hydrogens (tertiary/aromatic N) is 3. The second-order valence-corrected chi connectivity index (χ2v) is 7.40. The van der Waals surface area contributed by atoms with Gasteiger partial charge < -0.3 is 9.30 Å². The number of carbonyl (C=O) groups excluding carboxylic acids is 1. The van der Waals surface area contributed by atoms with Gasteiger partial charge in [0, 0.05) is 24.2 Å². The van der Waals surface area contributed by atoms with Crippen LogP contribution in [-0.2, 0) is 6.54 Å². The number of nitro benzene ring substituents is 1. The number of para-hydroxylation sites is 1. The topological polar surface area (TPSA) is 86.7 Å². The monoisotopic (exact) mass is 419 g/mol. The van der Waals surface area contributed by atoms with Crippen LogP contribution in [0, 0.1) is 10.1 Å². The Hall–Kier alpha value is -3.78. The fraction of sp³-hybridized carbons (Fsp3) is 0.0909. The molecule has 0 fully saturated rings. The molecule has 1 aromatic heterocycles. The Labute approximate surface area is 175 Å². The highest BCUT2D eigenvalue weighted by molar-refractivity contribution is 7.16. The van der Waals surface area contributed by atoms with Crippen LogP contribution >= 0.6 is 11.3 Å². The first-order valence-electron chi connectivity index (χ1n) is 9.25. The molecule has 30 heavy (non-hydrogen) atoms. The van der Waals surface area contributed by atoms with Gasteiger partial charge in [-0.1, -0.05) is 29.5 Å². The summed E-state index contributed by atoms with van der Waals surface area (Å²) in [5.41, 5.74) is 1.26. The van der Waals surface area contributed by atoms with Crippen molar-refractivity contribution < 1.29 is 14.5 Å². The molecule has 0 atom stereocenters. The van der Waals surface area contributed by atoms with E-state index < -0.39 is 4.92 Å². The lowest BCUT2D eigenvalue weighted by Gasteiger charge is -2.05.